The van der Waals surface area contributed by atoms with Gasteiger partial charge in [0, 0.05) is 17.7 Å². The smallest absolute Gasteiger partial charge is 0.266 e. The van der Waals surface area contributed by atoms with Crippen LogP contribution >= 0.6 is 11.8 Å². The van der Waals surface area contributed by atoms with E-state index in [1.165, 1.54) is 28.8 Å². The van der Waals surface area contributed by atoms with E-state index in [4.69, 9.17) is 4.74 Å². The summed E-state index contributed by atoms with van der Waals surface area (Å²) >= 11 is 1.10. The average molecular weight is 548 g/mol. The summed E-state index contributed by atoms with van der Waals surface area (Å²) in [5.74, 6) is 0.310. The second-order valence-electron chi connectivity index (χ2n) is 9.35. The van der Waals surface area contributed by atoms with E-state index in [9.17, 15) is 18.8 Å². The first-order valence-corrected chi connectivity index (χ1v) is 13.7. The molecule has 4 rings (SSSR count). The summed E-state index contributed by atoms with van der Waals surface area (Å²) in [5.41, 5.74) is 1.27. The normalized spacial score (nSPS) is 11.1. The molecule has 0 atom stereocenters. The second kappa shape index (κ2) is 12.7. The molecule has 0 radical (unpaired) electrons. The predicted octanol–water partition coefficient (Wildman–Crippen LogP) is 5.67. The van der Waals surface area contributed by atoms with Crippen molar-refractivity contribution in [2.45, 2.75) is 32.3 Å². The van der Waals surface area contributed by atoms with Gasteiger partial charge in [0.25, 0.3) is 11.5 Å². The van der Waals surface area contributed by atoms with Crippen LogP contribution in [0.5, 0.6) is 5.75 Å². The van der Waals surface area contributed by atoms with Gasteiger partial charge in [-0.25, -0.2) is 9.37 Å². The molecule has 0 saturated carbocycles. The summed E-state index contributed by atoms with van der Waals surface area (Å²) in [6, 6.07) is 17.1. The van der Waals surface area contributed by atoms with E-state index in [-0.39, 0.29) is 28.2 Å². The van der Waals surface area contributed by atoms with E-state index in [2.05, 4.69) is 24.1 Å². The van der Waals surface area contributed by atoms with Gasteiger partial charge >= 0.3 is 0 Å². The van der Waals surface area contributed by atoms with Crippen molar-refractivity contribution in [1.29, 1.82) is 0 Å². The average Bonchev–Trinajstić information content (AvgIpc) is 2.92. The molecule has 0 aliphatic carbocycles. The van der Waals surface area contributed by atoms with Crippen LogP contribution in [0.4, 0.5) is 4.39 Å². The number of carbonyl (C=O) groups excluding carboxylic acids is 2. The van der Waals surface area contributed by atoms with Crippen LogP contribution < -0.4 is 15.6 Å². The molecule has 202 valence electrons. The molecule has 1 amide bonds. The molecule has 0 spiro atoms. The number of amides is 1. The molecule has 0 aliphatic rings. The number of ketones is 1. The molecule has 1 N–H and O–H groups in total. The number of nitrogens with one attached hydrogen (secondary N) is 1. The molecule has 1 heterocycles. The summed E-state index contributed by atoms with van der Waals surface area (Å²) in [7, 11) is 0. The van der Waals surface area contributed by atoms with Gasteiger partial charge < -0.3 is 10.1 Å². The van der Waals surface area contributed by atoms with E-state index in [1.807, 2.05) is 6.92 Å². The Labute approximate surface area is 230 Å². The lowest BCUT2D eigenvalue weighted by molar-refractivity contribution is 0.0951. The number of benzene rings is 3. The van der Waals surface area contributed by atoms with E-state index >= 15 is 0 Å². The lowest BCUT2D eigenvalue weighted by Gasteiger charge is -2.14. The highest BCUT2D eigenvalue weighted by molar-refractivity contribution is 7.99. The number of thioether (sulfide) groups is 1. The van der Waals surface area contributed by atoms with Crippen LogP contribution in [0.3, 0.4) is 0 Å². The van der Waals surface area contributed by atoms with Crippen molar-refractivity contribution < 1.29 is 18.7 Å². The Morgan fingerprint density at radius 1 is 1.03 bits per heavy atom. The third-order valence-corrected chi connectivity index (χ3v) is 6.95. The van der Waals surface area contributed by atoms with Crippen molar-refractivity contribution in [3.63, 3.8) is 0 Å². The van der Waals surface area contributed by atoms with Gasteiger partial charge in [-0.1, -0.05) is 25.6 Å². The zero-order valence-electron chi connectivity index (χ0n) is 22.1. The summed E-state index contributed by atoms with van der Waals surface area (Å²) < 4.78 is 20.4. The first-order valence-electron chi connectivity index (χ1n) is 12.8. The first kappa shape index (κ1) is 28.0. The monoisotopic (exact) mass is 547 g/mol. The molecule has 7 nitrogen and oxygen atoms in total. The highest BCUT2D eigenvalue weighted by atomic mass is 32.2. The van der Waals surface area contributed by atoms with E-state index in [0.29, 0.717) is 52.5 Å². The molecule has 1 aromatic heterocycles. The fourth-order valence-corrected chi connectivity index (χ4v) is 4.82. The number of fused-ring (bicyclic) bond motifs is 1. The molecule has 3 aromatic carbocycles. The van der Waals surface area contributed by atoms with Crippen LogP contribution in [0.15, 0.2) is 76.7 Å². The molecule has 39 heavy (non-hydrogen) atoms. The lowest BCUT2D eigenvalue weighted by atomic mass is 10.1. The summed E-state index contributed by atoms with van der Waals surface area (Å²) in [6.45, 7) is 7.12. The van der Waals surface area contributed by atoms with E-state index in [0.717, 1.165) is 18.2 Å². The van der Waals surface area contributed by atoms with E-state index in [1.54, 1.807) is 42.5 Å². The molecular weight excluding hydrogens is 517 g/mol. The minimum Gasteiger partial charge on any atom is -0.494 e. The summed E-state index contributed by atoms with van der Waals surface area (Å²) in [5, 5.41) is 3.46. The third kappa shape index (κ3) is 6.92. The lowest BCUT2D eigenvalue weighted by Crippen LogP contribution is -2.26. The zero-order valence-corrected chi connectivity index (χ0v) is 22.9. The van der Waals surface area contributed by atoms with Gasteiger partial charge in [0.2, 0.25) is 0 Å². The molecule has 0 saturated heterocycles. The number of halogens is 1. The minimum absolute atomic E-state index is 0.0164. The Kier molecular flexibility index (Phi) is 9.14. The Morgan fingerprint density at radius 3 is 2.38 bits per heavy atom. The van der Waals surface area contributed by atoms with Crippen LogP contribution in [-0.4, -0.2) is 40.1 Å². The Hall–Kier alpha value is -3.98. The van der Waals surface area contributed by atoms with Gasteiger partial charge in [-0.05, 0) is 86.0 Å². The number of hydrogen-bond acceptors (Lipinski definition) is 6. The number of aromatic nitrogens is 2. The van der Waals surface area contributed by atoms with Crippen molar-refractivity contribution in [2.24, 2.45) is 5.92 Å². The summed E-state index contributed by atoms with van der Waals surface area (Å²) in [4.78, 5) is 43.9. The minimum atomic E-state index is -0.437. The highest BCUT2D eigenvalue weighted by Gasteiger charge is 2.17. The number of rotatable bonds is 11. The van der Waals surface area contributed by atoms with Crippen molar-refractivity contribution in [3.05, 3.63) is 94.0 Å². The number of ether oxygens (including phenoxy) is 1. The molecule has 0 fully saturated rings. The largest absolute Gasteiger partial charge is 0.494 e. The quantitative estimate of drug-likeness (QED) is 0.148. The van der Waals surface area contributed by atoms with Gasteiger partial charge in [0.05, 0.1) is 29.0 Å². The molecule has 0 bridgehead atoms. The molecule has 0 unspecified atom stereocenters. The SMILES string of the molecule is CCOc1ccc(C(=O)CSc2nc3cc(C(=O)NCCC(C)C)ccc3c(=O)n2-c2ccc(F)cc2)cc1. The van der Waals surface area contributed by atoms with Gasteiger partial charge in [0.1, 0.15) is 11.6 Å². The third-order valence-electron chi connectivity index (χ3n) is 6.01. The maximum absolute atomic E-state index is 13.6. The molecule has 0 aliphatic heterocycles. The summed E-state index contributed by atoms with van der Waals surface area (Å²) in [6.07, 6.45) is 0.850. The van der Waals surface area contributed by atoms with Crippen LogP contribution in [0.1, 0.15) is 47.9 Å². The van der Waals surface area contributed by atoms with Crippen LogP contribution in [0.25, 0.3) is 16.6 Å². The topological polar surface area (TPSA) is 90.3 Å². The number of carbonyl (C=O) groups is 2. The first-order chi connectivity index (χ1) is 18.8. The van der Waals surface area contributed by atoms with Crippen molar-refractivity contribution >= 4 is 34.4 Å². The molecule has 9 heteroatoms. The zero-order chi connectivity index (χ0) is 27.9. The van der Waals surface area contributed by atoms with Crippen molar-refractivity contribution in [1.82, 2.24) is 14.9 Å². The van der Waals surface area contributed by atoms with Gasteiger partial charge in [0.15, 0.2) is 10.9 Å². The van der Waals surface area contributed by atoms with Gasteiger partial charge in [-0.15, -0.1) is 0 Å². The number of nitrogens with zero attached hydrogens (tertiary/aromatic N) is 2. The number of hydrogen-bond donors (Lipinski definition) is 1. The highest BCUT2D eigenvalue weighted by Crippen LogP contribution is 2.24. The molecule has 4 aromatic rings. The predicted molar refractivity (Wildman–Crippen MR) is 152 cm³/mol. The maximum Gasteiger partial charge on any atom is 0.266 e. The van der Waals surface area contributed by atoms with E-state index < -0.39 is 5.82 Å². The molecular formula is C30H30FN3O4S. The van der Waals surface area contributed by atoms with Gasteiger partial charge in [-0.3, -0.25) is 19.0 Å². The Bertz CT molecular complexity index is 1530. The Morgan fingerprint density at radius 2 is 1.72 bits per heavy atom. The Balaban J connectivity index is 1.68. The van der Waals surface area contributed by atoms with Crippen LogP contribution in [0.2, 0.25) is 0 Å². The maximum atomic E-state index is 13.6. The fourth-order valence-electron chi connectivity index (χ4n) is 3.91. The van der Waals surface area contributed by atoms with Gasteiger partial charge in [-0.2, -0.15) is 0 Å². The fraction of sp³-hybridized carbons (Fsp3) is 0.267. The standard InChI is InChI=1S/C30H30FN3O4S/c1-4-38-24-12-5-20(6-13-24)27(35)18-39-30-33-26-17-21(28(36)32-16-15-19(2)3)7-14-25(26)29(37)34(30)23-10-8-22(31)9-11-23/h5-14,17,19H,4,15-16,18H2,1-3H3,(H,32,36). The second-order valence-corrected chi connectivity index (χ2v) is 10.3. The van der Waals surface area contributed by atoms with Crippen molar-refractivity contribution in [3.8, 4) is 11.4 Å². The van der Waals surface area contributed by atoms with Crippen molar-refractivity contribution in [2.75, 3.05) is 18.9 Å². The van der Waals surface area contributed by atoms with Crippen LogP contribution in [0, 0.1) is 11.7 Å². The van der Waals surface area contributed by atoms with Crippen LogP contribution in [-0.2, 0) is 0 Å². The number of Topliss-reactive ketones (excluding diaryl/α,β-unsaturated/α-hetero) is 1.